The minimum absolute atomic E-state index is 0.00352. The summed E-state index contributed by atoms with van der Waals surface area (Å²) in [6, 6.07) is 12.7. The monoisotopic (exact) mass is 523 g/mol. The number of carbonyl (C=O) groups excluding carboxylic acids is 3. The highest BCUT2D eigenvalue weighted by molar-refractivity contribution is 7.09. The lowest BCUT2D eigenvalue weighted by molar-refractivity contribution is -0.123. The smallest absolute Gasteiger partial charge is 0.273 e. The summed E-state index contributed by atoms with van der Waals surface area (Å²) in [5.74, 6) is -0.679. The van der Waals surface area contributed by atoms with Gasteiger partial charge in [0, 0.05) is 17.8 Å². The highest BCUT2D eigenvalue weighted by atomic mass is 32.1. The summed E-state index contributed by atoms with van der Waals surface area (Å²) in [6.07, 6.45) is 3.81. The van der Waals surface area contributed by atoms with Crippen LogP contribution in [0.15, 0.2) is 48.5 Å². The van der Waals surface area contributed by atoms with Gasteiger partial charge in [0.05, 0.1) is 19.9 Å². The van der Waals surface area contributed by atoms with Crippen molar-refractivity contribution in [2.45, 2.75) is 37.8 Å². The van der Waals surface area contributed by atoms with Crippen molar-refractivity contribution in [2.75, 3.05) is 24.9 Å². The van der Waals surface area contributed by atoms with Crippen molar-refractivity contribution < 1.29 is 23.9 Å². The van der Waals surface area contributed by atoms with Crippen LogP contribution in [-0.4, -0.2) is 42.4 Å². The number of hydrogen-bond donors (Lipinski definition) is 3. The number of nitrogens with zero attached hydrogens (tertiary/aromatic N) is 2. The molecule has 1 aliphatic carbocycles. The van der Waals surface area contributed by atoms with E-state index in [4.69, 9.17) is 20.9 Å². The number of carbonyl (C=O) groups is 3. The quantitative estimate of drug-likeness (QED) is 0.389. The van der Waals surface area contributed by atoms with Gasteiger partial charge in [0.1, 0.15) is 22.4 Å². The molecule has 1 aromatic heterocycles. The fraction of sp³-hybridized carbons (Fsp3) is 0.308. The fourth-order valence-electron chi connectivity index (χ4n) is 4.44. The van der Waals surface area contributed by atoms with Crippen LogP contribution in [0.1, 0.15) is 57.4 Å². The maximum atomic E-state index is 14.1. The van der Waals surface area contributed by atoms with Crippen molar-refractivity contribution >= 4 is 40.6 Å². The minimum atomic E-state index is -1.07. The summed E-state index contributed by atoms with van der Waals surface area (Å²) in [4.78, 5) is 41.1. The molecule has 1 fully saturated rings. The third-order valence-electron chi connectivity index (χ3n) is 6.35. The van der Waals surface area contributed by atoms with E-state index in [1.165, 1.54) is 12.0 Å². The molecule has 0 bridgehead atoms. The van der Waals surface area contributed by atoms with Gasteiger partial charge in [-0.2, -0.15) is 4.37 Å². The van der Waals surface area contributed by atoms with E-state index in [0.29, 0.717) is 22.7 Å². The second-order valence-electron chi connectivity index (χ2n) is 8.68. The molecule has 0 spiro atoms. The van der Waals surface area contributed by atoms with Gasteiger partial charge in [0.25, 0.3) is 11.8 Å². The number of anilines is 2. The molecule has 37 heavy (non-hydrogen) atoms. The van der Waals surface area contributed by atoms with Crippen LogP contribution < -0.4 is 31.2 Å². The van der Waals surface area contributed by atoms with Gasteiger partial charge in [-0.05, 0) is 54.2 Å². The first-order chi connectivity index (χ1) is 17.8. The Labute approximate surface area is 218 Å². The minimum Gasteiger partial charge on any atom is -0.497 e. The van der Waals surface area contributed by atoms with Crippen LogP contribution in [-0.2, 0) is 4.79 Å². The van der Waals surface area contributed by atoms with E-state index in [1.807, 2.05) is 0 Å². The van der Waals surface area contributed by atoms with Gasteiger partial charge in [-0.3, -0.25) is 19.3 Å². The van der Waals surface area contributed by atoms with Gasteiger partial charge < -0.3 is 26.3 Å². The van der Waals surface area contributed by atoms with Crippen LogP contribution in [0.2, 0.25) is 0 Å². The summed E-state index contributed by atoms with van der Waals surface area (Å²) in [5.41, 5.74) is 12.2. The molecule has 5 N–H and O–H groups in total. The van der Waals surface area contributed by atoms with Gasteiger partial charge in [-0.15, -0.1) is 0 Å². The average molecular weight is 524 g/mol. The second kappa shape index (κ2) is 11.3. The number of benzene rings is 2. The molecule has 1 aliphatic rings. The molecule has 1 saturated carbocycles. The number of amides is 3. The predicted molar refractivity (Wildman–Crippen MR) is 141 cm³/mol. The maximum absolute atomic E-state index is 14.1. The molecule has 10 nitrogen and oxygen atoms in total. The van der Waals surface area contributed by atoms with Crippen molar-refractivity contribution in [3.63, 3.8) is 0 Å². The number of aromatic nitrogens is 1. The molecule has 4 rings (SSSR count). The second-order valence-corrected chi connectivity index (χ2v) is 9.45. The summed E-state index contributed by atoms with van der Waals surface area (Å²) in [7, 11) is 3.06. The van der Waals surface area contributed by atoms with Gasteiger partial charge in [-0.1, -0.05) is 31.0 Å². The molecule has 0 aliphatic heterocycles. The first-order valence-corrected chi connectivity index (χ1v) is 12.6. The molecule has 0 unspecified atom stereocenters. The van der Waals surface area contributed by atoms with E-state index in [2.05, 4.69) is 9.69 Å². The first-order valence-electron chi connectivity index (χ1n) is 11.8. The average Bonchev–Trinajstić information content (AvgIpc) is 3.56. The Balaban J connectivity index is 1.86. The largest absolute Gasteiger partial charge is 0.497 e. The van der Waals surface area contributed by atoms with Gasteiger partial charge in [0.2, 0.25) is 5.91 Å². The highest BCUT2D eigenvalue weighted by Crippen LogP contribution is 2.35. The lowest BCUT2D eigenvalue weighted by atomic mass is 10.0. The van der Waals surface area contributed by atoms with E-state index in [1.54, 1.807) is 55.6 Å². The predicted octanol–water partition coefficient (Wildman–Crippen LogP) is 3.29. The Morgan fingerprint density at radius 3 is 2.32 bits per heavy atom. The van der Waals surface area contributed by atoms with Gasteiger partial charge >= 0.3 is 0 Å². The van der Waals surface area contributed by atoms with E-state index in [0.717, 1.165) is 37.2 Å². The molecule has 11 heteroatoms. The van der Waals surface area contributed by atoms with E-state index in [-0.39, 0.29) is 28.2 Å². The zero-order valence-corrected chi connectivity index (χ0v) is 21.4. The Hall–Kier alpha value is -4.12. The molecule has 3 aromatic rings. The number of nitrogens with two attached hydrogens (primary N) is 2. The molecule has 0 saturated heterocycles. The topological polar surface area (TPSA) is 150 Å². The SMILES string of the molecule is COc1ccc([C@@H](C(=O)NC2CCCC2)N(C(=O)c2snc(C(N)=O)c2N)c2cccc(OC)c2)cc1. The molecule has 1 heterocycles. The van der Waals surface area contributed by atoms with Crippen LogP contribution >= 0.6 is 11.5 Å². The number of primary amides is 1. The number of nitrogen functional groups attached to an aromatic ring is 1. The van der Waals surface area contributed by atoms with Crippen molar-refractivity contribution in [1.82, 2.24) is 9.69 Å². The van der Waals surface area contributed by atoms with E-state index < -0.39 is 17.9 Å². The number of rotatable bonds is 9. The standard InChI is InChI=1S/C26H29N5O5S/c1-35-18-12-10-15(11-13-18)22(25(33)29-16-6-3-4-7-16)31(17-8-5-9-19(14-17)36-2)26(34)23-20(27)21(24(28)32)30-37-23/h5,8-14,16,22H,3-4,6-7,27H2,1-2H3,(H2,28,32)(H,29,33)/t22-/m0/s1. The fourth-order valence-corrected chi connectivity index (χ4v) is 5.18. The van der Waals surface area contributed by atoms with Crippen molar-refractivity contribution in [2.24, 2.45) is 5.73 Å². The third-order valence-corrected chi connectivity index (χ3v) is 7.20. The van der Waals surface area contributed by atoms with Crippen LogP contribution in [0.3, 0.4) is 0 Å². The first kappa shape index (κ1) is 26.0. The molecular formula is C26H29N5O5S. The highest BCUT2D eigenvalue weighted by Gasteiger charge is 2.37. The summed E-state index contributed by atoms with van der Waals surface area (Å²) < 4.78 is 14.7. The molecule has 2 aromatic carbocycles. The number of ether oxygens (including phenoxy) is 2. The summed E-state index contributed by atoms with van der Waals surface area (Å²) in [5, 5.41) is 3.12. The van der Waals surface area contributed by atoms with E-state index in [9.17, 15) is 14.4 Å². The maximum Gasteiger partial charge on any atom is 0.273 e. The Bertz CT molecular complexity index is 1290. The van der Waals surface area contributed by atoms with Crippen molar-refractivity contribution in [3.05, 3.63) is 64.7 Å². The van der Waals surface area contributed by atoms with Gasteiger partial charge in [0.15, 0.2) is 5.69 Å². The molecule has 194 valence electrons. The lowest BCUT2D eigenvalue weighted by Crippen LogP contribution is -2.46. The van der Waals surface area contributed by atoms with Crippen LogP contribution in [0, 0.1) is 0 Å². The number of nitrogens with one attached hydrogen (secondary N) is 1. The molecule has 0 radical (unpaired) electrons. The molecule has 1 atom stereocenters. The van der Waals surface area contributed by atoms with Gasteiger partial charge in [-0.25, -0.2) is 0 Å². The Kier molecular flexibility index (Phi) is 7.92. The Morgan fingerprint density at radius 1 is 1.05 bits per heavy atom. The summed E-state index contributed by atoms with van der Waals surface area (Å²) >= 11 is 0.759. The van der Waals surface area contributed by atoms with Crippen molar-refractivity contribution in [1.29, 1.82) is 0 Å². The number of hydrogen-bond acceptors (Lipinski definition) is 8. The molecule has 3 amide bonds. The summed E-state index contributed by atoms with van der Waals surface area (Å²) in [6.45, 7) is 0. The third kappa shape index (κ3) is 5.51. The molecular weight excluding hydrogens is 494 g/mol. The number of methoxy groups -OCH3 is 2. The van der Waals surface area contributed by atoms with Crippen molar-refractivity contribution in [3.8, 4) is 11.5 Å². The van der Waals surface area contributed by atoms with E-state index >= 15 is 0 Å². The van der Waals surface area contributed by atoms with Crippen LogP contribution in [0.4, 0.5) is 11.4 Å². The zero-order chi connectivity index (χ0) is 26.5. The zero-order valence-electron chi connectivity index (χ0n) is 20.6. The van der Waals surface area contributed by atoms with Crippen LogP contribution in [0.5, 0.6) is 11.5 Å². The normalized spacial score (nSPS) is 14.1. The van der Waals surface area contributed by atoms with Crippen LogP contribution in [0.25, 0.3) is 0 Å². The lowest BCUT2D eigenvalue weighted by Gasteiger charge is -2.32. The Morgan fingerprint density at radius 2 is 1.73 bits per heavy atom.